The van der Waals surface area contributed by atoms with Gasteiger partial charge in [-0.3, -0.25) is 0 Å². The summed E-state index contributed by atoms with van der Waals surface area (Å²) in [7, 11) is 0. The lowest BCUT2D eigenvalue weighted by Crippen LogP contribution is -2.51. The summed E-state index contributed by atoms with van der Waals surface area (Å²) >= 11 is 0. The largest absolute Gasteiger partial charge is 0.378 e. The van der Waals surface area contributed by atoms with E-state index in [4.69, 9.17) is 4.74 Å². The summed E-state index contributed by atoms with van der Waals surface area (Å²) in [4.78, 5) is 2.67. The van der Waals surface area contributed by atoms with E-state index in [1.54, 1.807) is 0 Å². The first-order valence-electron chi connectivity index (χ1n) is 8.37. The van der Waals surface area contributed by atoms with Gasteiger partial charge >= 0.3 is 0 Å². The van der Waals surface area contributed by atoms with Crippen LogP contribution >= 0.6 is 0 Å². The Morgan fingerprint density at radius 1 is 1.21 bits per heavy atom. The van der Waals surface area contributed by atoms with Gasteiger partial charge in [-0.1, -0.05) is 13.8 Å². The molecule has 3 nitrogen and oxygen atoms in total. The van der Waals surface area contributed by atoms with Crippen molar-refractivity contribution in [3.05, 3.63) is 0 Å². The summed E-state index contributed by atoms with van der Waals surface area (Å²) in [5, 5.41) is 3.79. The van der Waals surface area contributed by atoms with Crippen molar-refractivity contribution >= 4 is 0 Å². The van der Waals surface area contributed by atoms with E-state index in [9.17, 15) is 0 Å². The van der Waals surface area contributed by atoms with Gasteiger partial charge < -0.3 is 15.0 Å². The molecule has 1 N–H and O–H groups in total. The molecule has 112 valence electrons. The van der Waals surface area contributed by atoms with Gasteiger partial charge in [0.1, 0.15) is 0 Å². The highest BCUT2D eigenvalue weighted by Gasteiger charge is 2.30. The Balaban J connectivity index is 1.80. The van der Waals surface area contributed by atoms with Crippen molar-refractivity contribution in [3.63, 3.8) is 0 Å². The zero-order valence-electron chi connectivity index (χ0n) is 12.9. The van der Waals surface area contributed by atoms with Crippen LogP contribution in [0.2, 0.25) is 0 Å². The number of rotatable bonds is 5. The number of hydrogen-bond acceptors (Lipinski definition) is 3. The molecule has 2 fully saturated rings. The molecule has 0 amide bonds. The maximum atomic E-state index is 5.86. The fourth-order valence-corrected chi connectivity index (χ4v) is 3.50. The van der Waals surface area contributed by atoms with Gasteiger partial charge in [-0.15, -0.1) is 0 Å². The first kappa shape index (κ1) is 15.3. The van der Waals surface area contributed by atoms with Crippen LogP contribution in [0.5, 0.6) is 0 Å². The summed E-state index contributed by atoms with van der Waals surface area (Å²) < 4.78 is 5.86. The van der Waals surface area contributed by atoms with Crippen molar-refractivity contribution in [2.75, 3.05) is 32.8 Å². The summed E-state index contributed by atoms with van der Waals surface area (Å²) in [6.45, 7) is 10.5. The zero-order valence-corrected chi connectivity index (χ0v) is 12.9. The van der Waals surface area contributed by atoms with E-state index >= 15 is 0 Å². The van der Waals surface area contributed by atoms with E-state index in [1.165, 1.54) is 71.1 Å². The minimum absolute atomic E-state index is 0.351. The summed E-state index contributed by atoms with van der Waals surface area (Å²) in [6, 6.07) is 0. The molecule has 0 bridgehead atoms. The van der Waals surface area contributed by atoms with Crippen molar-refractivity contribution in [1.82, 2.24) is 10.2 Å². The molecule has 0 spiro atoms. The third-order valence-electron chi connectivity index (χ3n) is 5.07. The molecule has 0 saturated carbocycles. The van der Waals surface area contributed by atoms with E-state index in [1.807, 2.05) is 0 Å². The molecule has 1 unspecified atom stereocenters. The Kier molecular flexibility index (Phi) is 6.11. The molecule has 2 heterocycles. The van der Waals surface area contributed by atoms with Gasteiger partial charge in [0.05, 0.1) is 6.10 Å². The van der Waals surface area contributed by atoms with Crippen LogP contribution < -0.4 is 5.32 Å². The Morgan fingerprint density at radius 3 is 2.74 bits per heavy atom. The fraction of sp³-hybridized carbons (Fsp3) is 1.00. The smallest absolute Gasteiger partial charge is 0.0587 e. The Morgan fingerprint density at radius 2 is 2.05 bits per heavy atom. The van der Waals surface area contributed by atoms with Gasteiger partial charge in [0.15, 0.2) is 0 Å². The Labute approximate surface area is 119 Å². The Hall–Kier alpha value is -0.120. The molecule has 2 aliphatic rings. The van der Waals surface area contributed by atoms with Gasteiger partial charge in [-0.05, 0) is 58.0 Å². The summed E-state index contributed by atoms with van der Waals surface area (Å²) in [5.41, 5.74) is 0.351. The highest BCUT2D eigenvalue weighted by Crippen LogP contribution is 2.21. The average molecular weight is 268 g/mol. The minimum Gasteiger partial charge on any atom is -0.378 e. The second-order valence-electron chi connectivity index (χ2n) is 6.32. The topological polar surface area (TPSA) is 24.5 Å². The molecule has 2 rings (SSSR count). The normalized spacial score (nSPS) is 29.1. The molecular formula is C16H32N2O. The van der Waals surface area contributed by atoms with Crippen molar-refractivity contribution in [2.24, 2.45) is 0 Å². The van der Waals surface area contributed by atoms with Crippen LogP contribution in [0.15, 0.2) is 0 Å². The molecule has 0 aromatic rings. The number of nitrogens with one attached hydrogen (secondary N) is 1. The molecule has 1 atom stereocenters. The number of nitrogens with zero attached hydrogens (tertiary/aromatic N) is 1. The van der Waals surface area contributed by atoms with Crippen LogP contribution in [0.25, 0.3) is 0 Å². The van der Waals surface area contributed by atoms with Crippen molar-refractivity contribution in [3.8, 4) is 0 Å². The van der Waals surface area contributed by atoms with Crippen LogP contribution in [0.4, 0.5) is 0 Å². The van der Waals surface area contributed by atoms with E-state index in [0.29, 0.717) is 11.6 Å². The van der Waals surface area contributed by atoms with Crippen LogP contribution in [0, 0.1) is 0 Å². The molecule has 2 saturated heterocycles. The molecule has 0 aromatic carbocycles. The monoisotopic (exact) mass is 268 g/mol. The lowest BCUT2D eigenvalue weighted by atomic mass is 9.92. The maximum Gasteiger partial charge on any atom is 0.0587 e. The maximum absolute atomic E-state index is 5.86. The van der Waals surface area contributed by atoms with Gasteiger partial charge in [0, 0.05) is 25.2 Å². The van der Waals surface area contributed by atoms with Gasteiger partial charge in [0.2, 0.25) is 0 Å². The standard InChI is InChI=1S/C16H32N2O/c1-3-16(4-2)14-18(11-7-10-17-16)12-9-15-8-5-6-13-19-15/h15,17H,3-14H2,1-2H3. The van der Waals surface area contributed by atoms with Crippen LogP contribution in [-0.2, 0) is 4.74 Å². The van der Waals surface area contributed by atoms with E-state index < -0.39 is 0 Å². The average Bonchev–Trinajstić information content (AvgIpc) is 2.69. The first-order valence-corrected chi connectivity index (χ1v) is 8.37. The lowest BCUT2D eigenvalue weighted by Gasteiger charge is -2.36. The highest BCUT2D eigenvalue weighted by atomic mass is 16.5. The van der Waals surface area contributed by atoms with Crippen LogP contribution in [0.1, 0.15) is 58.8 Å². The SMILES string of the molecule is CCC1(CC)CN(CCC2CCCCO2)CCCN1. The van der Waals surface area contributed by atoms with Crippen molar-refractivity contribution < 1.29 is 4.74 Å². The van der Waals surface area contributed by atoms with Crippen molar-refractivity contribution in [1.29, 1.82) is 0 Å². The fourth-order valence-electron chi connectivity index (χ4n) is 3.50. The quantitative estimate of drug-likeness (QED) is 0.830. The molecule has 0 aliphatic carbocycles. The third kappa shape index (κ3) is 4.44. The minimum atomic E-state index is 0.351. The zero-order chi connectivity index (χ0) is 13.6. The lowest BCUT2D eigenvalue weighted by molar-refractivity contribution is 0.00449. The van der Waals surface area contributed by atoms with E-state index in [0.717, 1.165) is 6.61 Å². The third-order valence-corrected chi connectivity index (χ3v) is 5.07. The van der Waals surface area contributed by atoms with Crippen LogP contribution in [0.3, 0.4) is 0 Å². The molecule has 2 aliphatic heterocycles. The summed E-state index contributed by atoms with van der Waals surface area (Å²) in [6.07, 6.45) is 9.41. The highest BCUT2D eigenvalue weighted by molar-refractivity contribution is 4.91. The van der Waals surface area contributed by atoms with Crippen LogP contribution in [-0.4, -0.2) is 49.3 Å². The molecule has 0 radical (unpaired) electrons. The molecular weight excluding hydrogens is 236 g/mol. The predicted molar refractivity (Wildman–Crippen MR) is 80.6 cm³/mol. The van der Waals surface area contributed by atoms with E-state index in [2.05, 4.69) is 24.1 Å². The van der Waals surface area contributed by atoms with Crippen molar-refractivity contribution in [2.45, 2.75) is 70.4 Å². The number of hydrogen-bond donors (Lipinski definition) is 1. The predicted octanol–water partition coefficient (Wildman–Crippen LogP) is 2.80. The summed E-state index contributed by atoms with van der Waals surface area (Å²) in [5.74, 6) is 0. The Bertz CT molecular complexity index is 247. The molecule has 3 heteroatoms. The second kappa shape index (κ2) is 7.61. The molecule has 0 aromatic heterocycles. The first-order chi connectivity index (χ1) is 9.28. The second-order valence-corrected chi connectivity index (χ2v) is 6.32. The molecule has 19 heavy (non-hydrogen) atoms. The van der Waals surface area contributed by atoms with Gasteiger partial charge in [-0.2, -0.15) is 0 Å². The van der Waals surface area contributed by atoms with Gasteiger partial charge in [0.25, 0.3) is 0 Å². The number of ether oxygens (including phenoxy) is 1. The van der Waals surface area contributed by atoms with E-state index in [-0.39, 0.29) is 0 Å². The van der Waals surface area contributed by atoms with Gasteiger partial charge in [-0.25, -0.2) is 0 Å².